The van der Waals surface area contributed by atoms with Crippen LogP contribution in [0.4, 0.5) is 0 Å². The van der Waals surface area contributed by atoms with Crippen LogP contribution in [0.15, 0.2) is 30.3 Å². The topological polar surface area (TPSA) is 26.3 Å². The van der Waals surface area contributed by atoms with E-state index < -0.39 is 0 Å². The summed E-state index contributed by atoms with van der Waals surface area (Å²) in [6.07, 6.45) is 0.301. The zero-order valence-corrected chi connectivity index (χ0v) is 13.7. The lowest BCUT2D eigenvalue weighted by molar-refractivity contribution is 0.0993. The fraction of sp³-hybridized carbons (Fsp3) is 0.235. The summed E-state index contributed by atoms with van der Waals surface area (Å²) in [4.78, 5) is 12.5. The highest BCUT2D eigenvalue weighted by Gasteiger charge is 2.15. The molecule has 21 heavy (non-hydrogen) atoms. The predicted molar refractivity (Wildman–Crippen MR) is 87.0 cm³/mol. The van der Waals surface area contributed by atoms with Crippen molar-refractivity contribution in [1.82, 2.24) is 0 Å². The molecular formula is C17H16Cl2O2. The molecule has 2 rings (SSSR count). The molecular weight excluding hydrogens is 307 g/mol. The van der Waals surface area contributed by atoms with Gasteiger partial charge in [-0.1, -0.05) is 47.0 Å². The van der Waals surface area contributed by atoms with Crippen LogP contribution in [0, 0.1) is 13.8 Å². The van der Waals surface area contributed by atoms with Gasteiger partial charge in [0, 0.05) is 18.1 Å². The second-order valence-electron chi connectivity index (χ2n) is 5.00. The summed E-state index contributed by atoms with van der Waals surface area (Å²) in [5.74, 6) is 0.406. The van der Waals surface area contributed by atoms with Crippen LogP contribution in [0.1, 0.15) is 27.0 Å². The zero-order chi connectivity index (χ0) is 15.6. The number of ketones is 1. The van der Waals surface area contributed by atoms with Crippen LogP contribution in [0.3, 0.4) is 0 Å². The Bertz CT molecular complexity index is 693. The standard InChI is InChI=1S/C17H16Cl2O2/c1-10-4-5-11(2)12(6-10)7-16(20)13-8-15(19)17(21-3)9-14(13)18/h4-6,8-9H,7H2,1-3H3. The van der Waals surface area contributed by atoms with Crippen molar-refractivity contribution in [3.05, 3.63) is 62.6 Å². The van der Waals surface area contributed by atoms with Crippen LogP contribution < -0.4 is 4.74 Å². The third-order valence-electron chi connectivity index (χ3n) is 3.40. The normalized spacial score (nSPS) is 10.5. The van der Waals surface area contributed by atoms with E-state index in [0.29, 0.717) is 27.8 Å². The lowest BCUT2D eigenvalue weighted by Crippen LogP contribution is -2.06. The molecule has 0 radical (unpaired) electrons. The van der Waals surface area contributed by atoms with E-state index in [0.717, 1.165) is 16.7 Å². The molecule has 2 aromatic rings. The number of hydrogen-bond acceptors (Lipinski definition) is 2. The lowest BCUT2D eigenvalue weighted by Gasteiger charge is -2.10. The molecule has 0 amide bonds. The van der Waals surface area contributed by atoms with Crippen molar-refractivity contribution < 1.29 is 9.53 Å². The molecule has 4 heteroatoms. The van der Waals surface area contributed by atoms with Crippen molar-refractivity contribution in [2.45, 2.75) is 20.3 Å². The molecule has 2 aromatic carbocycles. The van der Waals surface area contributed by atoms with Crippen molar-refractivity contribution in [1.29, 1.82) is 0 Å². The maximum Gasteiger partial charge on any atom is 0.168 e. The van der Waals surface area contributed by atoms with Crippen molar-refractivity contribution >= 4 is 29.0 Å². The SMILES string of the molecule is COc1cc(Cl)c(C(=O)Cc2cc(C)ccc2C)cc1Cl. The molecule has 0 fully saturated rings. The lowest BCUT2D eigenvalue weighted by atomic mass is 9.98. The Morgan fingerprint density at radius 3 is 2.48 bits per heavy atom. The Morgan fingerprint density at radius 1 is 1.10 bits per heavy atom. The second kappa shape index (κ2) is 6.50. The number of hydrogen-bond donors (Lipinski definition) is 0. The van der Waals surface area contributed by atoms with Gasteiger partial charge in [0.05, 0.1) is 17.2 Å². The van der Waals surface area contributed by atoms with E-state index in [2.05, 4.69) is 0 Å². The van der Waals surface area contributed by atoms with Crippen molar-refractivity contribution in [3.63, 3.8) is 0 Å². The first-order valence-electron chi connectivity index (χ1n) is 6.54. The van der Waals surface area contributed by atoms with E-state index >= 15 is 0 Å². The maximum atomic E-state index is 12.5. The van der Waals surface area contributed by atoms with Gasteiger partial charge in [0.15, 0.2) is 5.78 Å². The summed E-state index contributed by atoms with van der Waals surface area (Å²) in [5.41, 5.74) is 3.64. The minimum Gasteiger partial charge on any atom is -0.495 e. The van der Waals surface area contributed by atoms with Gasteiger partial charge in [-0.15, -0.1) is 0 Å². The number of carbonyl (C=O) groups is 1. The molecule has 0 aliphatic rings. The third kappa shape index (κ3) is 3.58. The van der Waals surface area contributed by atoms with E-state index in [-0.39, 0.29) is 5.78 Å². The summed E-state index contributed by atoms with van der Waals surface area (Å²) >= 11 is 12.2. The minimum atomic E-state index is -0.0572. The first kappa shape index (κ1) is 15.9. The molecule has 0 heterocycles. The van der Waals surface area contributed by atoms with Crippen molar-refractivity contribution in [3.8, 4) is 5.75 Å². The monoisotopic (exact) mass is 322 g/mol. The van der Waals surface area contributed by atoms with Crippen LogP contribution in [0.5, 0.6) is 5.75 Å². The molecule has 0 aliphatic carbocycles. The average molecular weight is 323 g/mol. The highest BCUT2D eigenvalue weighted by molar-refractivity contribution is 6.36. The summed E-state index contributed by atoms with van der Waals surface area (Å²) in [7, 11) is 1.51. The number of aryl methyl sites for hydroxylation is 2. The van der Waals surface area contributed by atoms with Gasteiger partial charge >= 0.3 is 0 Å². The summed E-state index contributed by atoms with van der Waals surface area (Å²) in [6, 6.07) is 9.20. The third-order valence-corrected chi connectivity index (χ3v) is 4.01. The quantitative estimate of drug-likeness (QED) is 0.737. The Balaban J connectivity index is 2.32. The smallest absolute Gasteiger partial charge is 0.168 e. The summed E-state index contributed by atoms with van der Waals surface area (Å²) in [5, 5.41) is 0.734. The van der Waals surface area contributed by atoms with Crippen molar-refractivity contribution in [2.24, 2.45) is 0 Å². The van der Waals surface area contributed by atoms with Crippen LogP contribution in [0.25, 0.3) is 0 Å². The van der Waals surface area contributed by atoms with Crippen LogP contribution in [-0.4, -0.2) is 12.9 Å². The zero-order valence-electron chi connectivity index (χ0n) is 12.2. The molecule has 2 nitrogen and oxygen atoms in total. The summed E-state index contributed by atoms with van der Waals surface area (Å²) in [6.45, 7) is 4.00. The van der Waals surface area contributed by atoms with Gasteiger partial charge in [-0.05, 0) is 31.0 Å². The van der Waals surface area contributed by atoms with Gasteiger partial charge in [-0.3, -0.25) is 4.79 Å². The van der Waals surface area contributed by atoms with Gasteiger partial charge in [0.25, 0.3) is 0 Å². The van der Waals surface area contributed by atoms with Crippen LogP contribution >= 0.6 is 23.2 Å². The Morgan fingerprint density at radius 2 is 1.81 bits per heavy atom. The van der Waals surface area contributed by atoms with Gasteiger partial charge in [0.1, 0.15) is 5.75 Å². The summed E-state index contributed by atoms with van der Waals surface area (Å²) < 4.78 is 5.09. The molecule has 110 valence electrons. The average Bonchev–Trinajstić information content (AvgIpc) is 2.44. The number of methoxy groups -OCH3 is 1. The molecule has 0 bridgehead atoms. The molecule has 0 spiro atoms. The molecule has 0 saturated carbocycles. The van der Waals surface area contributed by atoms with E-state index in [1.54, 1.807) is 12.1 Å². The minimum absolute atomic E-state index is 0.0572. The molecule has 0 aromatic heterocycles. The Labute approximate surface area is 134 Å². The maximum absolute atomic E-state index is 12.5. The van der Waals surface area contributed by atoms with Gasteiger partial charge in [-0.25, -0.2) is 0 Å². The largest absolute Gasteiger partial charge is 0.495 e. The van der Waals surface area contributed by atoms with E-state index in [1.807, 2.05) is 32.0 Å². The van der Waals surface area contributed by atoms with Gasteiger partial charge in [0.2, 0.25) is 0 Å². The number of ether oxygens (including phenoxy) is 1. The molecule has 0 aliphatic heterocycles. The number of benzene rings is 2. The molecule has 0 atom stereocenters. The predicted octanol–water partition coefficient (Wildman–Crippen LogP) is 5.04. The van der Waals surface area contributed by atoms with Crippen LogP contribution in [-0.2, 0) is 6.42 Å². The number of halogens is 2. The number of carbonyl (C=O) groups excluding carboxylic acids is 1. The van der Waals surface area contributed by atoms with E-state index in [4.69, 9.17) is 27.9 Å². The fourth-order valence-corrected chi connectivity index (χ4v) is 2.66. The first-order chi connectivity index (χ1) is 9.92. The molecule has 0 N–H and O–H groups in total. The highest BCUT2D eigenvalue weighted by Crippen LogP contribution is 2.31. The highest BCUT2D eigenvalue weighted by atomic mass is 35.5. The van der Waals surface area contributed by atoms with Crippen molar-refractivity contribution in [2.75, 3.05) is 7.11 Å². The fourth-order valence-electron chi connectivity index (χ4n) is 2.16. The van der Waals surface area contributed by atoms with E-state index in [1.165, 1.54) is 7.11 Å². The number of rotatable bonds is 4. The molecule has 0 unspecified atom stereocenters. The first-order valence-corrected chi connectivity index (χ1v) is 7.30. The Kier molecular flexibility index (Phi) is 4.92. The Hall–Kier alpha value is -1.51. The van der Waals surface area contributed by atoms with Gasteiger partial charge < -0.3 is 4.74 Å². The number of Topliss-reactive ketones (excluding diaryl/α,β-unsaturated/α-hetero) is 1. The second-order valence-corrected chi connectivity index (χ2v) is 5.81. The molecule has 0 saturated heterocycles. The van der Waals surface area contributed by atoms with E-state index in [9.17, 15) is 4.79 Å². The van der Waals surface area contributed by atoms with Crippen LogP contribution in [0.2, 0.25) is 10.0 Å². The van der Waals surface area contributed by atoms with Gasteiger partial charge in [-0.2, -0.15) is 0 Å².